The zero-order chi connectivity index (χ0) is 17.6. The van der Waals surface area contributed by atoms with Gasteiger partial charge in [-0.05, 0) is 29.7 Å². The number of rotatable bonds is 6. The van der Waals surface area contributed by atoms with Crippen molar-refractivity contribution in [3.63, 3.8) is 0 Å². The molecule has 3 nitrogen and oxygen atoms in total. The fraction of sp³-hybridized carbons (Fsp3) is 0.368. The number of hydrogen-bond acceptors (Lipinski definition) is 3. The number of benzene rings is 2. The summed E-state index contributed by atoms with van der Waals surface area (Å²) in [5, 5.41) is 4.03. The topological polar surface area (TPSA) is 24.5 Å². The van der Waals surface area contributed by atoms with Crippen LogP contribution in [-0.2, 0) is 6.42 Å². The monoisotopic (exact) mass is 366 g/mol. The van der Waals surface area contributed by atoms with Crippen molar-refractivity contribution in [3.8, 4) is 5.75 Å². The van der Waals surface area contributed by atoms with Gasteiger partial charge in [-0.15, -0.1) is 0 Å². The van der Waals surface area contributed by atoms with Crippen LogP contribution < -0.4 is 10.1 Å². The second kappa shape index (κ2) is 8.61. The van der Waals surface area contributed by atoms with E-state index < -0.39 is 6.61 Å². The van der Waals surface area contributed by atoms with E-state index in [1.165, 1.54) is 0 Å². The molecular formula is C19H21ClF2N2O. The Labute approximate surface area is 151 Å². The van der Waals surface area contributed by atoms with Crippen LogP contribution in [-0.4, -0.2) is 37.7 Å². The van der Waals surface area contributed by atoms with Crippen molar-refractivity contribution in [2.24, 2.45) is 0 Å². The van der Waals surface area contributed by atoms with Crippen LogP contribution in [0.5, 0.6) is 5.75 Å². The third-order valence-corrected chi connectivity index (χ3v) is 4.80. The molecule has 1 aliphatic rings. The summed E-state index contributed by atoms with van der Waals surface area (Å²) >= 11 is 6.44. The molecule has 1 fully saturated rings. The minimum Gasteiger partial charge on any atom is -0.435 e. The summed E-state index contributed by atoms with van der Waals surface area (Å²) in [4.78, 5) is 2.34. The molecule has 3 rings (SSSR count). The number of para-hydroxylation sites is 1. The number of nitrogens with zero attached hydrogens (tertiary/aromatic N) is 1. The molecule has 6 heteroatoms. The molecule has 25 heavy (non-hydrogen) atoms. The number of halogens is 3. The highest BCUT2D eigenvalue weighted by Crippen LogP contribution is 2.33. The number of nitrogens with one attached hydrogen (secondary N) is 1. The van der Waals surface area contributed by atoms with E-state index in [4.69, 9.17) is 16.3 Å². The molecule has 1 atom stereocenters. The summed E-state index contributed by atoms with van der Waals surface area (Å²) in [7, 11) is 0. The zero-order valence-corrected chi connectivity index (χ0v) is 14.6. The lowest BCUT2D eigenvalue weighted by atomic mass is 9.96. The average Bonchev–Trinajstić information content (AvgIpc) is 2.62. The third kappa shape index (κ3) is 4.69. The highest BCUT2D eigenvalue weighted by atomic mass is 35.5. The summed E-state index contributed by atoms with van der Waals surface area (Å²) in [5.74, 6) is 0.227. The fourth-order valence-electron chi connectivity index (χ4n) is 3.27. The van der Waals surface area contributed by atoms with E-state index in [0.29, 0.717) is 11.4 Å². The lowest BCUT2D eigenvalue weighted by Crippen LogP contribution is -2.45. The first-order valence-electron chi connectivity index (χ1n) is 8.37. The van der Waals surface area contributed by atoms with Gasteiger partial charge in [-0.2, -0.15) is 8.78 Å². The quantitative estimate of drug-likeness (QED) is 0.832. The van der Waals surface area contributed by atoms with Gasteiger partial charge in [0.1, 0.15) is 5.75 Å². The molecule has 1 aliphatic heterocycles. The van der Waals surface area contributed by atoms with Crippen LogP contribution in [0.25, 0.3) is 0 Å². The number of alkyl halides is 2. The molecule has 1 saturated heterocycles. The Morgan fingerprint density at radius 3 is 2.44 bits per heavy atom. The van der Waals surface area contributed by atoms with Crippen molar-refractivity contribution < 1.29 is 13.5 Å². The SMILES string of the molecule is FC(F)Oc1ccccc1CC(c1ccccc1Cl)N1CCNCC1. The van der Waals surface area contributed by atoms with Gasteiger partial charge in [0.05, 0.1) is 0 Å². The van der Waals surface area contributed by atoms with Gasteiger partial charge in [-0.3, -0.25) is 4.90 Å². The van der Waals surface area contributed by atoms with E-state index in [1.807, 2.05) is 36.4 Å². The molecule has 0 spiro atoms. The maximum Gasteiger partial charge on any atom is 0.387 e. The third-order valence-electron chi connectivity index (χ3n) is 4.46. The highest BCUT2D eigenvalue weighted by molar-refractivity contribution is 6.31. The largest absolute Gasteiger partial charge is 0.435 e. The molecule has 0 bridgehead atoms. The molecule has 134 valence electrons. The molecule has 0 amide bonds. The lowest BCUT2D eigenvalue weighted by molar-refractivity contribution is -0.0506. The van der Waals surface area contributed by atoms with Crippen LogP contribution in [0.4, 0.5) is 8.78 Å². The predicted octanol–water partition coefficient (Wildman–Crippen LogP) is 4.13. The van der Waals surface area contributed by atoms with Crippen molar-refractivity contribution in [3.05, 3.63) is 64.7 Å². The lowest BCUT2D eigenvalue weighted by Gasteiger charge is -2.36. The maximum absolute atomic E-state index is 12.7. The van der Waals surface area contributed by atoms with Gasteiger partial charge in [0.25, 0.3) is 0 Å². The summed E-state index contributed by atoms with van der Waals surface area (Å²) in [6, 6.07) is 14.7. The minimum atomic E-state index is -2.83. The van der Waals surface area contributed by atoms with Crippen LogP contribution in [0.3, 0.4) is 0 Å². The van der Waals surface area contributed by atoms with Crippen molar-refractivity contribution in [2.45, 2.75) is 19.1 Å². The van der Waals surface area contributed by atoms with Crippen LogP contribution in [0, 0.1) is 0 Å². The zero-order valence-electron chi connectivity index (χ0n) is 13.8. The standard InChI is InChI=1S/C19H21ClF2N2O/c20-16-7-3-2-6-15(16)17(24-11-9-23-10-12-24)13-14-5-1-4-8-18(14)25-19(21)22/h1-8,17,19,23H,9-13H2. The van der Waals surface area contributed by atoms with Crippen molar-refractivity contribution in [1.82, 2.24) is 10.2 Å². The Balaban J connectivity index is 1.92. The normalized spacial score (nSPS) is 16.8. The van der Waals surface area contributed by atoms with E-state index in [0.717, 1.165) is 37.3 Å². The van der Waals surface area contributed by atoms with Crippen LogP contribution in [0.2, 0.25) is 5.02 Å². The van der Waals surface area contributed by atoms with E-state index in [-0.39, 0.29) is 11.8 Å². The van der Waals surface area contributed by atoms with Crippen molar-refractivity contribution >= 4 is 11.6 Å². The van der Waals surface area contributed by atoms with Crippen LogP contribution in [0.1, 0.15) is 17.2 Å². The Kier molecular flexibility index (Phi) is 6.24. The van der Waals surface area contributed by atoms with Gasteiger partial charge in [0.2, 0.25) is 0 Å². The van der Waals surface area contributed by atoms with Crippen LogP contribution >= 0.6 is 11.6 Å². The molecule has 0 aliphatic carbocycles. The smallest absolute Gasteiger partial charge is 0.387 e. The molecule has 1 N–H and O–H groups in total. The fourth-order valence-corrected chi connectivity index (χ4v) is 3.53. The molecule has 0 saturated carbocycles. The number of hydrogen-bond donors (Lipinski definition) is 1. The van der Waals surface area contributed by atoms with E-state index >= 15 is 0 Å². The second-order valence-corrected chi connectivity index (χ2v) is 6.42. The molecule has 1 heterocycles. The van der Waals surface area contributed by atoms with Crippen molar-refractivity contribution in [2.75, 3.05) is 26.2 Å². The molecule has 0 radical (unpaired) electrons. The molecular weight excluding hydrogens is 346 g/mol. The molecule has 1 unspecified atom stereocenters. The second-order valence-electron chi connectivity index (χ2n) is 6.01. The highest BCUT2D eigenvalue weighted by Gasteiger charge is 2.25. The number of ether oxygens (including phenoxy) is 1. The van der Waals surface area contributed by atoms with Gasteiger partial charge in [0, 0.05) is 37.2 Å². The Hall–Kier alpha value is -1.69. The summed E-state index contributed by atoms with van der Waals surface area (Å²) in [5.41, 5.74) is 1.77. The Bertz CT molecular complexity index is 693. The molecule has 0 aromatic heterocycles. The first kappa shape index (κ1) is 18.1. The maximum atomic E-state index is 12.7. The number of piperazine rings is 1. The molecule has 2 aromatic carbocycles. The van der Waals surface area contributed by atoms with Gasteiger partial charge < -0.3 is 10.1 Å². The summed E-state index contributed by atoms with van der Waals surface area (Å²) in [6.45, 7) is 0.729. The van der Waals surface area contributed by atoms with Gasteiger partial charge in [0.15, 0.2) is 0 Å². The summed E-state index contributed by atoms with van der Waals surface area (Å²) in [6.07, 6.45) is 0.562. The van der Waals surface area contributed by atoms with Gasteiger partial charge >= 0.3 is 6.61 Å². The average molecular weight is 367 g/mol. The van der Waals surface area contributed by atoms with E-state index in [1.54, 1.807) is 12.1 Å². The van der Waals surface area contributed by atoms with Crippen LogP contribution in [0.15, 0.2) is 48.5 Å². The first-order chi connectivity index (χ1) is 12.1. The van der Waals surface area contributed by atoms with Crippen molar-refractivity contribution in [1.29, 1.82) is 0 Å². The Morgan fingerprint density at radius 2 is 1.72 bits per heavy atom. The van der Waals surface area contributed by atoms with E-state index in [2.05, 4.69) is 10.2 Å². The minimum absolute atomic E-state index is 0.0122. The molecule has 2 aromatic rings. The Morgan fingerprint density at radius 1 is 1.04 bits per heavy atom. The van der Waals surface area contributed by atoms with E-state index in [9.17, 15) is 8.78 Å². The predicted molar refractivity (Wildman–Crippen MR) is 95.4 cm³/mol. The van der Waals surface area contributed by atoms with Gasteiger partial charge in [-0.25, -0.2) is 0 Å². The van der Waals surface area contributed by atoms with Gasteiger partial charge in [-0.1, -0.05) is 48.0 Å². The summed E-state index contributed by atoms with van der Waals surface area (Å²) < 4.78 is 30.1. The first-order valence-corrected chi connectivity index (χ1v) is 8.75.